The van der Waals surface area contributed by atoms with Gasteiger partial charge in [-0.1, -0.05) is 0 Å². The van der Waals surface area contributed by atoms with Crippen LogP contribution in [-0.2, 0) is 0 Å². The third-order valence-electron chi connectivity index (χ3n) is 2.10. The second-order valence-electron chi connectivity index (χ2n) is 3.63. The van der Waals surface area contributed by atoms with E-state index in [1.165, 1.54) is 25.3 Å². The van der Waals surface area contributed by atoms with Gasteiger partial charge >= 0.3 is 5.69 Å². The molecule has 1 rings (SSSR count). The summed E-state index contributed by atoms with van der Waals surface area (Å²) in [6, 6.07) is 2.74. The van der Waals surface area contributed by atoms with Crippen LogP contribution in [0.3, 0.4) is 0 Å². The van der Waals surface area contributed by atoms with Crippen molar-refractivity contribution < 1.29 is 15.1 Å². The molecule has 0 fully saturated rings. The predicted octanol–water partition coefficient (Wildman–Crippen LogP) is 0.145. The highest BCUT2D eigenvalue weighted by Crippen LogP contribution is 2.23. The van der Waals surface area contributed by atoms with E-state index in [2.05, 4.69) is 10.3 Å². The Morgan fingerprint density at radius 2 is 2.19 bits per heavy atom. The van der Waals surface area contributed by atoms with Gasteiger partial charge in [-0.3, -0.25) is 10.1 Å². The van der Waals surface area contributed by atoms with Crippen molar-refractivity contribution in [2.75, 3.05) is 18.5 Å². The Morgan fingerprint density at radius 3 is 2.69 bits per heavy atom. The van der Waals surface area contributed by atoms with Crippen molar-refractivity contribution in [1.82, 2.24) is 4.98 Å². The highest BCUT2D eigenvalue weighted by Gasteiger charge is 2.26. The summed E-state index contributed by atoms with van der Waals surface area (Å²) in [6.07, 6.45) is 1.39. The maximum Gasteiger partial charge on any atom is 0.311 e. The van der Waals surface area contributed by atoms with E-state index in [9.17, 15) is 10.1 Å². The molecule has 0 atom stereocenters. The van der Waals surface area contributed by atoms with Crippen LogP contribution in [0.4, 0.5) is 11.5 Å². The first-order chi connectivity index (χ1) is 7.52. The van der Waals surface area contributed by atoms with Gasteiger partial charge in [-0.2, -0.15) is 0 Å². The van der Waals surface area contributed by atoms with Crippen molar-refractivity contribution in [3.05, 3.63) is 28.4 Å². The molecule has 0 saturated carbocycles. The summed E-state index contributed by atoms with van der Waals surface area (Å²) in [5.41, 5.74) is -1.24. The lowest BCUT2D eigenvalue weighted by molar-refractivity contribution is -0.384. The van der Waals surface area contributed by atoms with E-state index in [-0.39, 0.29) is 24.7 Å². The summed E-state index contributed by atoms with van der Waals surface area (Å²) in [6.45, 7) is 0.805. The van der Waals surface area contributed by atoms with Gasteiger partial charge in [-0.25, -0.2) is 4.98 Å². The lowest BCUT2D eigenvalue weighted by Crippen LogP contribution is -2.42. The van der Waals surface area contributed by atoms with Crippen LogP contribution in [0.25, 0.3) is 0 Å². The number of hydrogen-bond acceptors (Lipinski definition) is 6. The SMILES string of the molecule is CC(CO)(CO)Nc1ncccc1[N+](=O)[O-]. The van der Waals surface area contributed by atoms with Crippen LogP contribution in [0.2, 0.25) is 0 Å². The normalized spacial score (nSPS) is 11.2. The molecule has 16 heavy (non-hydrogen) atoms. The molecule has 0 saturated heterocycles. The third-order valence-corrected chi connectivity index (χ3v) is 2.10. The maximum atomic E-state index is 10.7. The number of aliphatic hydroxyl groups excluding tert-OH is 2. The number of pyridine rings is 1. The minimum Gasteiger partial charge on any atom is -0.394 e. The zero-order valence-corrected chi connectivity index (χ0v) is 8.75. The van der Waals surface area contributed by atoms with Crippen molar-refractivity contribution >= 4 is 11.5 Å². The number of hydrogen-bond donors (Lipinski definition) is 3. The first kappa shape index (κ1) is 12.3. The number of nitrogens with one attached hydrogen (secondary N) is 1. The van der Waals surface area contributed by atoms with Crippen molar-refractivity contribution in [3.8, 4) is 0 Å². The Hall–Kier alpha value is -1.73. The first-order valence-corrected chi connectivity index (χ1v) is 4.62. The Bertz CT molecular complexity index is 379. The fraction of sp³-hybridized carbons (Fsp3) is 0.444. The molecule has 0 unspecified atom stereocenters. The summed E-state index contributed by atoms with van der Waals surface area (Å²) < 4.78 is 0. The molecule has 1 aromatic rings. The number of aliphatic hydroxyl groups is 2. The van der Waals surface area contributed by atoms with E-state index in [0.29, 0.717) is 0 Å². The third kappa shape index (κ3) is 2.65. The molecule has 0 bridgehead atoms. The van der Waals surface area contributed by atoms with Crippen LogP contribution >= 0.6 is 0 Å². The molecule has 0 aliphatic rings. The molecule has 0 amide bonds. The molecule has 7 nitrogen and oxygen atoms in total. The quantitative estimate of drug-likeness (QED) is 0.488. The summed E-state index contributed by atoms with van der Waals surface area (Å²) in [5.74, 6) is 0.0260. The van der Waals surface area contributed by atoms with Gasteiger partial charge in [0.1, 0.15) is 0 Å². The number of anilines is 1. The standard InChI is InChI=1S/C9H13N3O4/c1-9(5-13,6-14)11-8-7(12(15)16)3-2-4-10-8/h2-4,13-14H,5-6H2,1H3,(H,10,11). The van der Waals surface area contributed by atoms with Crippen molar-refractivity contribution in [1.29, 1.82) is 0 Å². The van der Waals surface area contributed by atoms with Gasteiger partial charge in [0, 0.05) is 12.3 Å². The lowest BCUT2D eigenvalue weighted by atomic mass is 10.1. The van der Waals surface area contributed by atoms with E-state index in [1.807, 2.05) is 0 Å². The van der Waals surface area contributed by atoms with Gasteiger partial charge in [0.05, 0.1) is 23.7 Å². The average Bonchev–Trinajstić information content (AvgIpc) is 2.29. The van der Waals surface area contributed by atoms with E-state index < -0.39 is 10.5 Å². The maximum absolute atomic E-state index is 10.7. The fourth-order valence-electron chi connectivity index (χ4n) is 1.06. The molecule has 0 spiro atoms. The van der Waals surface area contributed by atoms with E-state index in [1.54, 1.807) is 0 Å². The highest BCUT2D eigenvalue weighted by molar-refractivity contribution is 5.56. The minimum absolute atomic E-state index is 0.0260. The van der Waals surface area contributed by atoms with Gasteiger partial charge < -0.3 is 15.5 Å². The Morgan fingerprint density at radius 1 is 1.56 bits per heavy atom. The van der Waals surface area contributed by atoms with Crippen LogP contribution in [0.5, 0.6) is 0 Å². The first-order valence-electron chi connectivity index (χ1n) is 4.62. The van der Waals surface area contributed by atoms with E-state index >= 15 is 0 Å². The Balaban J connectivity index is 3.01. The molecule has 3 N–H and O–H groups in total. The molecule has 88 valence electrons. The predicted molar refractivity (Wildman–Crippen MR) is 57.1 cm³/mol. The zero-order valence-electron chi connectivity index (χ0n) is 8.75. The molecule has 1 heterocycles. The number of nitro groups is 1. The summed E-state index contributed by atoms with van der Waals surface area (Å²) in [7, 11) is 0. The van der Waals surface area contributed by atoms with E-state index in [0.717, 1.165) is 0 Å². The molecular formula is C9H13N3O4. The van der Waals surface area contributed by atoms with Crippen molar-refractivity contribution in [2.45, 2.75) is 12.5 Å². The average molecular weight is 227 g/mol. The largest absolute Gasteiger partial charge is 0.394 e. The topological polar surface area (TPSA) is 109 Å². The van der Waals surface area contributed by atoms with Gasteiger partial charge in [0.15, 0.2) is 0 Å². The zero-order chi connectivity index (χ0) is 12.2. The lowest BCUT2D eigenvalue weighted by Gasteiger charge is -2.26. The van der Waals surface area contributed by atoms with Gasteiger partial charge in [-0.05, 0) is 13.0 Å². The van der Waals surface area contributed by atoms with Gasteiger partial charge in [0.2, 0.25) is 5.82 Å². The van der Waals surface area contributed by atoms with Crippen molar-refractivity contribution in [3.63, 3.8) is 0 Å². The van der Waals surface area contributed by atoms with Crippen LogP contribution in [-0.4, -0.2) is 38.9 Å². The number of aromatic nitrogens is 1. The van der Waals surface area contributed by atoms with Crippen LogP contribution in [0.15, 0.2) is 18.3 Å². The van der Waals surface area contributed by atoms with Crippen LogP contribution in [0, 0.1) is 10.1 Å². The van der Waals surface area contributed by atoms with Crippen LogP contribution in [0.1, 0.15) is 6.92 Å². The number of rotatable bonds is 5. The highest BCUT2D eigenvalue weighted by atomic mass is 16.6. The molecular weight excluding hydrogens is 214 g/mol. The Labute approximate surface area is 91.9 Å². The second kappa shape index (κ2) is 4.86. The molecule has 0 aromatic carbocycles. The number of nitrogens with zero attached hydrogens (tertiary/aromatic N) is 2. The molecule has 7 heteroatoms. The van der Waals surface area contributed by atoms with Crippen molar-refractivity contribution in [2.24, 2.45) is 0 Å². The minimum atomic E-state index is -1.04. The Kier molecular flexibility index (Phi) is 3.75. The smallest absolute Gasteiger partial charge is 0.311 e. The second-order valence-corrected chi connectivity index (χ2v) is 3.63. The summed E-state index contributed by atoms with van der Waals surface area (Å²) >= 11 is 0. The fourth-order valence-corrected chi connectivity index (χ4v) is 1.06. The monoisotopic (exact) mass is 227 g/mol. The molecule has 0 aliphatic heterocycles. The summed E-state index contributed by atoms with van der Waals surface area (Å²) in [5, 5.41) is 31.4. The van der Waals surface area contributed by atoms with Gasteiger partial charge in [-0.15, -0.1) is 0 Å². The molecule has 0 radical (unpaired) electrons. The summed E-state index contributed by atoms with van der Waals surface area (Å²) in [4.78, 5) is 13.9. The van der Waals surface area contributed by atoms with E-state index in [4.69, 9.17) is 10.2 Å². The van der Waals surface area contributed by atoms with Gasteiger partial charge in [0.25, 0.3) is 0 Å². The molecule has 1 aromatic heterocycles. The van der Waals surface area contributed by atoms with Crippen LogP contribution < -0.4 is 5.32 Å². The molecule has 0 aliphatic carbocycles.